The van der Waals surface area contributed by atoms with Gasteiger partial charge in [0.2, 0.25) is 0 Å². The van der Waals surface area contributed by atoms with Crippen molar-refractivity contribution in [2.45, 2.75) is 39.7 Å². The zero-order valence-corrected chi connectivity index (χ0v) is 12.8. The molecule has 1 rings (SSSR count). The summed E-state index contributed by atoms with van der Waals surface area (Å²) >= 11 is 0. The topological polar surface area (TPSA) is 58.6 Å². The van der Waals surface area contributed by atoms with Crippen molar-refractivity contribution in [1.82, 2.24) is 5.32 Å². The van der Waals surface area contributed by atoms with Crippen molar-refractivity contribution in [2.75, 3.05) is 13.2 Å². The van der Waals surface area contributed by atoms with Gasteiger partial charge < -0.3 is 9.84 Å². The SMILES string of the molecule is CCCOc1ccc(C(C)(NCC(C)C)C(=O)O)cc1. The maximum Gasteiger partial charge on any atom is 0.328 e. The van der Waals surface area contributed by atoms with Crippen molar-refractivity contribution in [3.05, 3.63) is 29.8 Å². The van der Waals surface area contributed by atoms with E-state index in [1.54, 1.807) is 6.92 Å². The molecule has 0 spiro atoms. The maximum atomic E-state index is 11.6. The summed E-state index contributed by atoms with van der Waals surface area (Å²) in [5.74, 6) is 0.286. The summed E-state index contributed by atoms with van der Waals surface area (Å²) in [7, 11) is 0. The first kappa shape index (κ1) is 16.5. The van der Waals surface area contributed by atoms with Gasteiger partial charge in [0.25, 0.3) is 0 Å². The molecule has 2 N–H and O–H groups in total. The lowest BCUT2D eigenvalue weighted by Crippen LogP contribution is -2.48. The predicted octanol–water partition coefficient (Wildman–Crippen LogP) is 3.02. The van der Waals surface area contributed by atoms with E-state index in [1.807, 2.05) is 31.2 Å². The Balaban J connectivity index is 2.89. The molecule has 0 amide bonds. The summed E-state index contributed by atoms with van der Waals surface area (Å²) in [5, 5.41) is 12.6. The molecular weight excluding hydrogens is 254 g/mol. The van der Waals surface area contributed by atoms with E-state index in [1.165, 1.54) is 0 Å². The summed E-state index contributed by atoms with van der Waals surface area (Å²) in [6.45, 7) is 9.16. The van der Waals surface area contributed by atoms with Gasteiger partial charge in [-0.1, -0.05) is 32.9 Å². The number of rotatable bonds is 8. The van der Waals surface area contributed by atoms with Crippen LogP contribution in [0.3, 0.4) is 0 Å². The number of nitrogens with one attached hydrogen (secondary N) is 1. The fraction of sp³-hybridized carbons (Fsp3) is 0.562. The van der Waals surface area contributed by atoms with Gasteiger partial charge in [-0.15, -0.1) is 0 Å². The Bertz CT molecular complexity index is 428. The second-order valence-corrected chi connectivity index (χ2v) is 5.58. The summed E-state index contributed by atoms with van der Waals surface area (Å²) < 4.78 is 5.51. The Kier molecular flexibility index (Phi) is 6.02. The molecule has 4 nitrogen and oxygen atoms in total. The standard InChI is InChI=1S/C16H25NO3/c1-5-10-20-14-8-6-13(7-9-14)16(4,15(18)19)17-11-12(2)3/h6-9,12,17H,5,10-11H2,1-4H3,(H,18,19). The summed E-state index contributed by atoms with van der Waals surface area (Å²) in [6.07, 6.45) is 0.949. The summed E-state index contributed by atoms with van der Waals surface area (Å²) in [4.78, 5) is 11.6. The molecule has 1 aromatic rings. The number of ether oxygens (including phenoxy) is 1. The molecule has 1 unspecified atom stereocenters. The lowest BCUT2D eigenvalue weighted by molar-refractivity contribution is -0.144. The van der Waals surface area contributed by atoms with E-state index >= 15 is 0 Å². The van der Waals surface area contributed by atoms with Gasteiger partial charge >= 0.3 is 5.97 Å². The number of carboxylic acids is 1. The Morgan fingerprint density at radius 2 is 1.95 bits per heavy atom. The van der Waals surface area contributed by atoms with Crippen molar-refractivity contribution in [3.63, 3.8) is 0 Å². The van der Waals surface area contributed by atoms with Gasteiger partial charge in [-0.05, 0) is 43.5 Å². The van der Waals surface area contributed by atoms with Crippen molar-refractivity contribution in [2.24, 2.45) is 5.92 Å². The van der Waals surface area contributed by atoms with Crippen molar-refractivity contribution in [1.29, 1.82) is 0 Å². The van der Waals surface area contributed by atoms with E-state index < -0.39 is 11.5 Å². The minimum Gasteiger partial charge on any atom is -0.494 e. The van der Waals surface area contributed by atoms with Crippen LogP contribution in [-0.4, -0.2) is 24.2 Å². The fourth-order valence-corrected chi connectivity index (χ4v) is 1.81. The Morgan fingerprint density at radius 3 is 2.40 bits per heavy atom. The molecule has 20 heavy (non-hydrogen) atoms. The number of carboxylic acid groups (broad SMARTS) is 1. The molecule has 0 fully saturated rings. The molecule has 0 bridgehead atoms. The molecular formula is C16H25NO3. The average Bonchev–Trinajstić information content (AvgIpc) is 2.42. The molecule has 0 aliphatic heterocycles. The summed E-state index contributed by atoms with van der Waals surface area (Å²) in [6, 6.07) is 7.27. The maximum absolute atomic E-state index is 11.6. The van der Waals surface area contributed by atoms with E-state index in [0.717, 1.165) is 17.7 Å². The molecule has 0 aliphatic rings. The molecule has 1 aromatic carbocycles. The first-order valence-corrected chi connectivity index (χ1v) is 7.12. The van der Waals surface area contributed by atoms with Gasteiger partial charge in [0.05, 0.1) is 6.61 Å². The molecule has 0 saturated carbocycles. The van der Waals surface area contributed by atoms with E-state index in [4.69, 9.17) is 4.74 Å². The Hall–Kier alpha value is -1.55. The largest absolute Gasteiger partial charge is 0.494 e. The van der Waals surface area contributed by atoms with E-state index in [0.29, 0.717) is 19.1 Å². The van der Waals surface area contributed by atoms with Crippen molar-refractivity contribution >= 4 is 5.97 Å². The van der Waals surface area contributed by atoms with Gasteiger partial charge in [0.15, 0.2) is 0 Å². The highest BCUT2D eigenvalue weighted by Crippen LogP contribution is 2.24. The van der Waals surface area contributed by atoms with Crippen LogP contribution in [0.5, 0.6) is 5.75 Å². The number of carbonyl (C=O) groups is 1. The first-order valence-electron chi connectivity index (χ1n) is 7.12. The smallest absolute Gasteiger partial charge is 0.328 e. The lowest BCUT2D eigenvalue weighted by atomic mass is 9.91. The number of hydrogen-bond donors (Lipinski definition) is 2. The molecule has 112 valence electrons. The third-order valence-electron chi connectivity index (χ3n) is 3.20. The second kappa shape index (κ2) is 7.29. The van der Waals surface area contributed by atoms with E-state index in [-0.39, 0.29) is 0 Å². The molecule has 0 saturated heterocycles. The highest BCUT2D eigenvalue weighted by atomic mass is 16.5. The van der Waals surface area contributed by atoms with Gasteiger partial charge in [-0.2, -0.15) is 0 Å². The quantitative estimate of drug-likeness (QED) is 0.768. The van der Waals surface area contributed by atoms with Crippen LogP contribution in [0.25, 0.3) is 0 Å². The molecule has 0 radical (unpaired) electrons. The molecule has 1 atom stereocenters. The molecule has 0 aromatic heterocycles. The highest BCUT2D eigenvalue weighted by Gasteiger charge is 2.34. The average molecular weight is 279 g/mol. The highest BCUT2D eigenvalue weighted by molar-refractivity contribution is 5.80. The van der Waals surface area contributed by atoms with Crippen LogP contribution >= 0.6 is 0 Å². The van der Waals surface area contributed by atoms with E-state index in [9.17, 15) is 9.90 Å². The van der Waals surface area contributed by atoms with Crippen LogP contribution in [0.2, 0.25) is 0 Å². The molecule has 0 aliphatic carbocycles. The third-order valence-corrected chi connectivity index (χ3v) is 3.20. The third kappa shape index (κ3) is 4.23. The van der Waals surface area contributed by atoms with Crippen LogP contribution in [-0.2, 0) is 10.3 Å². The van der Waals surface area contributed by atoms with E-state index in [2.05, 4.69) is 19.2 Å². The summed E-state index contributed by atoms with van der Waals surface area (Å²) in [5.41, 5.74) is -0.345. The fourth-order valence-electron chi connectivity index (χ4n) is 1.81. The lowest BCUT2D eigenvalue weighted by Gasteiger charge is -2.28. The van der Waals surface area contributed by atoms with Crippen LogP contribution in [0.1, 0.15) is 39.7 Å². The Morgan fingerprint density at radius 1 is 1.35 bits per heavy atom. The normalized spacial score (nSPS) is 14.1. The zero-order chi connectivity index (χ0) is 15.2. The first-order chi connectivity index (χ1) is 9.40. The molecule has 0 heterocycles. The van der Waals surface area contributed by atoms with Gasteiger partial charge in [-0.3, -0.25) is 5.32 Å². The monoisotopic (exact) mass is 279 g/mol. The van der Waals surface area contributed by atoms with Gasteiger partial charge in [0, 0.05) is 0 Å². The molecule has 4 heteroatoms. The van der Waals surface area contributed by atoms with Crippen LogP contribution in [0.4, 0.5) is 0 Å². The number of aliphatic carboxylic acids is 1. The van der Waals surface area contributed by atoms with Crippen molar-refractivity contribution < 1.29 is 14.6 Å². The van der Waals surface area contributed by atoms with Gasteiger partial charge in [0.1, 0.15) is 11.3 Å². The minimum absolute atomic E-state index is 0.390. The Labute approximate surface area is 121 Å². The zero-order valence-electron chi connectivity index (χ0n) is 12.8. The van der Waals surface area contributed by atoms with Gasteiger partial charge in [-0.25, -0.2) is 4.79 Å². The number of hydrogen-bond acceptors (Lipinski definition) is 3. The number of benzene rings is 1. The predicted molar refractivity (Wildman–Crippen MR) is 80.1 cm³/mol. The second-order valence-electron chi connectivity index (χ2n) is 5.58. The van der Waals surface area contributed by atoms with Crippen LogP contribution in [0.15, 0.2) is 24.3 Å². The minimum atomic E-state index is -1.08. The van der Waals surface area contributed by atoms with Crippen LogP contribution in [0, 0.1) is 5.92 Å². The van der Waals surface area contributed by atoms with Crippen molar-refractivity contribution in [3.8, 4) is 5.75 Å². The van der Waals surface area contributed by atoms with Crippen LogP contribution < -0.4 is 10.1 Å².